The van der Waals surface area contributed by atoms with Crippen LogP contribution in [0.1, 0.15) is 18.3 Å². The third-order valence-electron chi connectivity index (χ3n) is 2.82. The molecule has 0 saturated carbocycles. The normalized spacial score (nSPS) is 11.6. The fourth-order valence-corrected chi connectivity index (χ4v) is 3.67. The molecule has 0 fully saturated rings. The third-order valence-corrected chi connectivity index (χ3v) is 4.99. The lowest BCUT2D eigenvalue weighted by atomic mass is 10.4. The van der Waals surface area contributed by atoms with Gasteiger partial charge >= 0.3 is 5.97 Å². The zero-order valence-electron chi connectivity index (χ0n) is 11.6. The van der Waals surface area contributed by atoms with E-state index in [1.54, 1.807) is 6.92 Å². The summed E-state index contributed by atoms with van der Waals surface area (Å²) < 4.78 is 27.4. The molecule has 1 rings (SSSR count). The van der Waals surface area contributed by atoms with Crippen molar-refractivity contribution in [2.75, 3.05) is 13.1 Å². The minimum absolute atomic E-state index is 0.0239. The van der Waals surface area contributed by atoms with Crippen molar-refractivity contribution < 1.29 is 18.3 Å². The molecule has 0 bridgehead atoms. The molecule has 0 aromatic carbocycles. The highest BCUT2D eigenvalue weighted by molar-refractivity contribution is 7.89. The predicted molar refractivity (Wildman–Crippen MR) is 72.6 cm³/mol. The minimum Gasteiger partial charge on any atom is -0.480 e. The summed E-state index contributed by atoms with van der Waals surface area (Å²) in [6.07, 6.45) is 5.17. The lowest BCUT2D eigenvalue weighted by molar-refractivity contribution is -0.137. The second-order valence-electron chi connectivity index (χ2n) is 4.19. The van der Waals surface area contributed by atoms with Crippen molar-refractivity contribution in [3.8, 4) is 12.3 Å². The fraction of sp³-hybridized carbons (Fsp3) is 0.500. The van der Waals surface area contributed by atoms with Gasteiger partial charge in [0.05, 0.1) is 17.9 Å². The Bertz CT molecular complexity index is 655. The molecule has 0 saturated heterocycles. The first-order valence-corrected chi connectivity index (χ1v) is 7.39. The van der Waals surface area contributed by atoms with Crippen molar-refractivity contribution in [1.29, 1.82) is 0 Å². The van der Waals surface area contributed by atoms with Gasteiger partial charge in [-0.25, -0.2) is 8.42 Å². The van der Waals surface area contributed by atoms with E-state index in [0.717, 1.165) is 8.99 Å². The van der Waals surface area contributed by atoms with Crippen molar-refractivity contribution >= 4 is 16.0 Å². The number of aryl methyl sites for hydroxylation is 1. The van der Waals surface area contributed by atoms with Crippen LogP contribution in [-0.2, 0) is 21.4 Å². The molecule has 1 heterocycles. The monoisotopic (exact) mass is 299 g/mol. The molecular weight excluding hydrogens is 282 g/mol. The Morgan fingerprint density at radius 1 is 1.50 bits per heavy atom. The average Bonchev–Trinajstić information content (AvgIpc) is 2.60. The van der Waals surface area contributed by atoms with Crippen LogP contribution in [0.2, 0.25) is 0 Å². The van der Waals surface area contributed by atoms with Gasteiger partial charge in [-0.05, 0) is 13.8 Å². The Hall–Kier alpha value is -1.85. The van der Waals surface area contributed by atoms with Crippen LogP contribution in [-0.4, -0.2) is 46.7 Å². The highest BCUT2D eigenvalue weighted by atomic mass is 32.2. The molecule has 0 aliphatic carbocycles. The number of carbonyl (C=O) groups is 1. The highest BCUT2D eigenvalue weighted by Crippen LogP contribution is 2.23. The van der Waals surface area contributed by atoms with Crippen molar-refractivity contribution in [2.45, 2.75) is 32.2 Å². The molecule has 20 heavy (non-hydrogen) atoms. The minimum atomic E-state index is -3.78. The van der Waals surface area contributed by atoms with Gasteiger partial charge in [-0.1, -0.05) is 12.8 Å². The topological polar surface area (TPSA) is 92.5 Å². The van der Waals surface area contributed by atoms with Gasteiger partial charge in [0.15, 0.2) is 0 Å². The fourth-order valence-electron chi connectivity index (χ4n) is 1.93. The largest absolute Gasteiger partial charge is 0.480 e. The van der Waals surface area contributed by atoms with Gasteiger partial charge in [0.25, 0.3) is 0 Å². The number of aromatic nitrogens is 2. The molecular formula is C12H17N3O4S. The molecule has 8 heteroatoms. The van der Waals surface area contributed by atoms with Crippen molar-refractivity contribution in [1.82, 2.24) is 14.1 Å². The Morgan fingerprint density at radius 2 is 2.10 bits per heavy atom. The number of carboxylic acids is 1. The summed E-state index contributed by atoms with van der Waals surface area (Å²) in [5.74, 6) is 1.21. The van der Waals surface area contributed by atoms with Crippen LogP contribution >= 0.6 is 0 Å². The number of rotatable bonds is 6. The number of nitrogens with zero attached hydrogens (tertiary/aromatic N) is 3. The number of carboxylic acid groups (broad SMARTS) is 1. The molecule has 0 spiro atoms. The van der Waals surface area contributed by atoms with E-state index >= 15 is 0 Å². The average molecular weight is 299 g/mol. The summed E-state index contributed by atoms with van der Waals surface area (Å²) in [7, 11) is -3.78. The maximum absolute atomic E-state index is 12.5. The van der Waals surface area contributed by atoms with Crippen LogP contribution in [0.3, 0.4) is 0 Å². The van der Waals surface area contributed by atoms with E-state index in [0.29, 0.717) is 5.69 Å². The molecule has 0 radical (unpaired) electrons. The van der Waals surface area contributed by atoms with E-state index in [2.05, 4.69) is 11.0 Å². The Balaban J connectivity index is 3.36. The molecule has 110 valence electrons. The van der Waals surface area contributed by atoms with Crippen molar-refractivity contribution in [3.63, 3.8) is 0 Å². The summed E-state index contributed by atoms with van der Waals surface area (Å²) in [6.45, 7) is 4.55. The molecule has 0 unspecified atom stereocenters. The van der Waals surface area contributed by atoms with Gasteiger partial charge in [-0.2, -0.15) is 9.40 Å². The Morgan fingerprint density at radius 3 is 2.55 bits per heavy atom. The first-order chi connectivity index (χ1) is 9.25. The summed E-state index contributed by atoms with van der Waals surface area (Å²) >= 11 is 0. The lowest BCUT2D eigenvalue weighted by Crippen LogP contribution is -2.32. The van der Waals surface area contributed by atoms with Crippen LogP contribution in [0.25, 0.3) is 0 Å². The Kier molecular flexibility index (Phi) is 4.92. The van der Waals surface area contributed by atoms with Gasteiger partial charge in [-0.3, -0.25) is 9.48 Å². The van der Waals surface area contributed by atoms with Crippen molar-refractivity contribution in [2.24, 2.45) is 0 Å². The summed E-state index contributed by atoms with van der Waals surface area (Å²) in [5.41, 5.74) is 0.555. The van der Waals surface area contributed by atoms with Crippen LogP contribution in [0, 0.1) is 26.2 Å². The predicted octanol–water partition coefficient (Wildman–Crippen LogP) is 0.228. The Labute approximate surface area is 118 Å². The van der Waals surface area contributed by atoms with E-state index < -0.39 is 16.0 Å². The van der Waals surface area contributed by atoms with E-state index in [-0.39, 0.29) is 30.2 Å². The molecule has 0 atom stereocenters. The van der Waals surface area contributed by atoms with Crippen LogP contribution in [0.5, 0.6) is 0 Å². The summed E-state index contributed by atoms with van der Waals surface area (Å²) in [5, 5.41) is 12.8. The van der Waals surface area contributed by atoms with Crippen LogP contribution in [0.4, 0.5) is 0 Å². The van der Waals surface area contributed by atoms with Crippen LogP contribution < -0.4 is 0 Å². The van der Waals surface area contributed by atoms with Gasteiger partial charge < -0.3 is 5.11 Å². The standard InChI is InChI=1S/C12H17N3O4S/c1-5-7-14(6-2)20(18,19)12-9(3)13-15(10(12)4)8-11(16)17/h1H,6-8H2,2-4H3,(H,16,17). The van der Waals surface area contributed by atoms with Gasteiger partial charge in [0, 0.05) is 6.54 Å². The molecule has 0 aliphatic rings. The number of terminal acetylenes is 1. The molecule has 7 nitrogen and oxygen atoms in total. The second kappa shape index (κ2) is 6.07. The van der Waals surface area contributed by atoms with Gasteiger partial charge in [0.1, 0.15) is 11.4 Å². The number of aliphatic carboxylic acids is 1. The SMILES string of the molecule is C#CCN(CC)S(=O)(=O)c1c(C)nn(CC(=O)O)c1C. The maximum Gasteiger partial charge on any atom is 0.325 e. The summed E-state index contributed by atoms with van der Waals surface area (Å²) in [6, 6.07) is 0. The highest BCUT2D eigenvalue weighted by Gasteiger charge is 2.29. The molecule has 0 amide bonds. The van der Waals surface area contributed by atoms with Gasteiger partial charge in [-0.15, -0.1) is 6.42 Å². The zero-order chi connectivity index (χ0) is 15.5. The van der Waals surface area contributed by atoms with Crippen LogP contribution in [0.15, 0.2) is 4.90 Å². The third kappa shape index (κ3) is 3.00. The van der Waals surface area contributed by atoms with E-state index in [1.165, 1.54) is 13.8 Å². The zero-order valence-corrected chi connectivity index (χ0v) is 12.4. The maximum atomic E-state index is 12.5. The smallest absolute Gasteiger partial charge is 0.325 e. The number of hydrogen-bond acceptors (Lipinski definition) is 4. The van der Waals surface area contributed by atoms with Gasteiger partial charge in [0.2, 0.25) is 10.0 Å². The molecule has 1 aromatic heterocycles. The first kappa shape index (κ1) is 16.2. The van der Waals surface area contributed by atoms with E-state index in [4.69, 9.17) is 11.5 Å². The second-order valence-corrected chi connectivity index (χ2v) is 6.06. The number of hydrogen-bond donors (Lipinski definition) is 1. The number of sulfonamides is 1. The van der Waals surface area contributed by atoms with E-state index in [9.17, 15) is 13.2 Å². The molecule has 0 aliphatic heterocycles. The quantitative estimate of drug-likeness (QED) is 0.759. The molecule has 1 aromatic rings. The van der Waals surface area contributed by atoms with Crippen molar-refractivity contribution in [3.05, 3.63) is 11.4 Å². The molecule has 1 N–H and O–H groups in total. The van der Waals surface area contributed by atoms with E-state index in [1.807, 2.05) is 0 Å². The summed E-state index contributed by atoms with van der Waals surface area (Å²) in [4.78, 5) is 10.8. The lowest BCUT2D eigenvalue weighted by Gasteiger charge is -2.18. The first-order valence-electron chi connectivity index (χ1n) is 5.95.